The van der Waals surface area contributed by atoms with E-state index in [9.17, 15) is 8.78 Å². The molecule has 1 nitrogen and oxygen atoms in total. The lowest BCUT2D eigenvalue weighted by Crippen LogP contribution is -2.32. The maximum atomic E-state index is 12.4. The van der Waals surface area contributed by atoms with Gasteiger partial charge in [-0.15, -0.1) is 0 Å². The molecule has 0 amide bonds. The normalized spacial score (nSPS) is 26.7. The van der Waals surface area contributed by atoms with E-state index in [2.05, 4.69) is 4.84 Å². The average molecular weight is 170 g/mol. The predicted octanol–water partition coefficient (Wildman–Crippen LogP) is 2.31. The van der Waals surface area contributed by atoms with Gasteiger partial charge in [0, 0.05) is 18.9 Å². The van der Waals surface area contributed by atoms with Crippen molar-refractivity contribution >= 4 is 11.8 Å². The Hall–Kier alpha value is 0.110. The molecule has 1 N–H and O–H groups in total. The molecule has 1 rings (SSSR count). The highest BCUT2D eigenvalue weighted by Crippen LogP contribution is 2.32. The summed E-state index contributed by atoms with van der Waals surface area (Å²) in [6.45, 7) is 0. The van der Waals surface area contributed by atoms with E-state index in [-0.39, 0.29) is 18.9 Å². The second kappa shape index (κ2) is 3.01. The van der Waals surface area contributed by atoms with Gasteiger partial charge in [0.25, 0.3) is 0 Å². The number of halogens is 3. The molecule has 0 atom stereocenters. The summed E-state index contributed by atoms with van der Waals surface area (Å²) in [6, 6.07) is 0.0845. The summed E-state index contributed by atoms with van der Waals surface area (Å²) in [7, 11) is 0. The summed E-state index contributed by atoms with van der Waals surface area (Å²) in [5.41, 5.74) is 0. The van der Waals surface area contributed by atoms with Crippen LogP contribution in [0.1, 0.15) is 25.7 Å². The first kappa shape index (κ1) is 8.21. The van der Waals surface area contributed by atoms with Crippen molar-refractivity contribution in [2.24, 2.45) is 0 Å². The van der Waals surface area contributed by atoms with E-state index in [1.807, 2.05) is 0 Å². The van der Waals surface area contributed by atoms with Crippen molar-refractivity contribution in [2.45, 2.75) is 37.6 Å². The minimum Gasteiger partial charge on any atom is -0.230 e. The van der Waals surface area contributed by atoms with Crippen LogP contribution < -0.4 is 4.84 Å². The molecule has 0 saturated heterocycles. The summed E-state index contributed by atoms with van der Waals surface area (Å²) >= 11 is 5.28. The minimum atomic E-state index is -2.44. The molecule has 0 heterocycles. The quantitative estimate of drug-likeness (QED) is 0.594. The molecule has 1 aliphatic rings. The minimum absolute atomic E-state index is 0.0304. The van der Waals surface area contributed by atoms with Crippen molar-refractivity contribution in [1.82, 2.24) is 4.84 Å². The molecular formula is C6H10ClF2N. The van der Waals surface area contributed by atoms with E-state index in [0.717, 1.165) is 0 Å². The number of rotatable bonds is 1. The molecule has 0 radical (unpaired) electrons. The number of nitrogens with one attached hydrogen (secondary N) is 1. The van der Waals surface area contributed by atoms with E-state index in [4.69, 9.17) is 11.8 Å². The molecule has 1 aliphatic carbocycles. The van der Waals surface area contributed by atoms with Crippen LogP contribution in [0.2, 0.25) is 0 Å². The van der Waals surface area contributed by atoms with Gasteiger partial charge in [-0.05, 0) is 24.6 Å². The molecule has 10 heavy (non-hydrogen) atoms. The summed E-state index contributed by atoms with van der Waals surface area (Å²) < 4.78 is 24.9. The first-order valence-corrected chi connectivity index (χ1v) is 3.76. The molecule has 0 aromatic rings. The van der Waals surface area contributed by atoms with Crippen molar-refractivity contribution in [1.29, 1.82) is 0 Å². The van der Waals surface area contributed by atoms with Gasteiger partial charge >= 0.3 is 0 Å². The van der Waals surface area contributed by atoms with Gasteiger partial charge in [0.15, 0.2) is 0 Å². The standard InChI is InChI=1S/C6H10ClF2N/c7-10-5-1-3-6(8,9)4-2-5/h5,10H,1-4H2. The van der Waals surface area contributed by atoms with E-state index in [1.165, 1.54) is 0 Å². The largest absolute Gasteiger partial charge is 0.248 e. The number of hydrogen-bond acceptors (Lipinski definition) is 1. The van der Waals surface area contributed by atoms with E-state index < -0.39 is 5.92 Å². The fourth-order valence-corrected chi connectivity index (χ4v) is 1.37. The lowest BCUT2D eigenvalue weighted by molar-refractivity contribution is -0.0387. The highest BCUT2D eigenvalue weighted by Gasteiger charge is 2.34. The first-order chi connectivity index (χ1) is 4.64. The van der Waals surface area contributed by atoms with Gasteiger partial charge in [-0.3, -0.25) is 0 Å². The Labute approximate surface area is 63.9 Å². The van der Waals surface area contributed by atoms with Gasteiger partial charge in [-0.1, -0.05) is 0 Å². The van der Waals surface area contributed by atoms with Gasteiger partial charge in [0.1, 0.15) is 0 Å². The topological polar surface area (TPSA) is 12.0 Å². The van der Waals surface area contributed by atoms with Crippen LogP contribution in [0.25, 0.3) is 0 Å². The zero-order valence-electron chi connectivity index (χ0n) is 5.54. The van der Waals surface area contributed by atoms with Gasteiger partial charge in [0.05, 0.1) is 0 Å². The maximum absolute atomic E-state index is 12.4. The molecule has 0 unspecified atom stereocenters. The smallest absolute Gasteiger partial charge is 0.230 e. The molecule has 0 aromatic carbocycles. The molecule has 0 bridgehead atoms. The lowest BCUT2D eigenvalue weighted by atomic mass is 9.93. The van der Waals surface area contributed by atoms with Crippen molar-refractivity contribution in [2.75, 3.05) is 0 Å². The van der Waals surface area contributed by atoms with Crippen molar-refractivity contribution in [3.63, 3.8) is 0 Å². The second-order valence-corrected chi connectivity index (χ2v) is 2.96. The predicted molar refractivity (Wildman–Crippen MR) is 36.2 cm³/mol. The Balaban J connectivity index is 2.31. The summed E-state index contributed by atoms with van der Waals surface area (Å²) in [5.74, 6) is -2.44. The Kier molecular flexibility index (Phi) is 2.47. The van der Waals surface area contributed by atoms with Crippen molar-refractivity contribution < 1.29 is 8.78 Å². The maximum Gasteiger partial charge on any atom is 0.248 e. The highest BCUT2D eigenvalue weighted by atomic mass is 35.5. The van der Waals surface area contributed by atoms with Crippen LogP contribution >= 0.6 is 11.8 Å². The van der Waals surface area contributed by atoms with Crippen molar-refractivity contribution in [3.05, 3.63) is 0 Å². The third kappa shape index (κ3) is 2.06. The van der Waals surface area contributed by atoms with Crippen LogP contribution in [0.3, 0.4) is 0 Å². The van der Waals surface area contributed by atoms with Gasteiger partial charge in [-0.25, -0.2) is 13.6 Å². The Morgan fingerprint density at radius 2 is 1.80 bits per heavy atom. The third-order valence-electron chi connectivity index (χ3n) is 1.87. The van der Waals surface area contributed by atoms with Crippen molar-refractivity contribution in [3.8, 4) is 0 Å². The molecular weight excluding hydrogens is 160 g/mol. The van der Waals surface area contributed by atoms with Gasteiger partial charge in [-0.2, -0.15) is 0 Å². The van der Waals surface area contributed by atoms with Crippen LogP contribution in [0.5, 0.6) is 0 Å². The second-order valence-electron chi connectivity index (χ2n) is 2.74. The number of hydrogen-bond donors (Lipinski definition) is 1. The fraction of sp³-hybridized carbons (Fsp3) is 1.00. The molecule has 0 spiro atoms. The van der Waals surface area contributed by atoms with Crippen LogP contribution in [0, 0.1) is 0 Å². The Bertz CT molecular complexity index is 108. The zero-order valence-corrected chi connectivity index (χ0v) is 6.30. The monoisotopic (exact) mass is 169 g/mol. The number of alkyl halides is 2. The molecule has 0 aliphatic heterocycles. The average Bonchev–Trinajstić information content (AvgIpc) is 1.88. The highest BCUT2D eigenvalue weighted by molar-refractivity contribution is 6.13. The van der Waals surface area contributed by atoms with Crippen LogP contribution in [0.4, 0.5) is 8.78 Å². The summed E-state index contributed by atoms with van der Waals surface area (Å²) in [4.78, 5) is 2.48. The summed E-state index contributed by atoms with van der Waals surface area (Å²) in [5, 5.41) is 0. The third-order valence-corrected chi connectivity index (χ3v) is 2.18. The summed E-state index contributed by atoms with van der Waals surface area (Å²) in [6.07, 6.45) is 0.905. The van der Waals surface area contributed by atoms with E-state index in [1.54, 1.807) is 0 Å². The fourth-order valence-electron chi connectivity index (χ4n) is 1.15. The van der Waals surface area contributed by atoms with E-state index in [0.29, 0.717) is 12.8 Å². The Morgan fingerprint density at radius 1 is 1.30 bits per heavy atom. The lowest BCUT2D eigenvalue weighted by Gasteiger charge is -2.26. The van der Waals surface area contributed by atoms with Crippen LogP contribution in [-0.4, -0.2) is 12.0 Å². The first-order valence-electron chi connectivity index (χ1n) is 3.38. The van der Waals surface area contributed by atoms with Gasteiger partial charge < -0.3 is 0 Å². The van der Waals surface area contributed by atoms with Gasteiger partial charge in [0.2, 0.25) is 5.92 Å². The molecule has 1 saturated carbocycles. The SMILES string of the molecule is FC1(F)CCC(NCl)CC1. The van der Waals surface area contributed by atoms with E-state index >= 15 is 0 Å². The Morgan fingerprint density at radius 3 is 2.20 bits per heavy atom. The zero-order chi connectivity index (χ0) is 7.61. The molecule has 60 valence electrons. The van der Waals surface area contributed by atoms with Crippen LogP contribution in [0.15, 0.2) is 0 Å². The van der Waals surface area contributed by atoms with Crippen LogP contribution in [-0.2, 0) is 0 Å². The molecule has 1 fully saturated rings. The molecule has 4 heteroatoms. The molecule has 0 aromatic heterocycles.